The Morgan fingerprint density at radius 1 is 0.971 bits per heavy atom. The first-order valence-electron chi connectivity index (χ1n) is 11.4. The van der Waals surface area contributed by atoms with E-state index in [9.17, 15) is 9.59 Å². The van der Waals surface area contributed by atoms with Crippen LogP contribution in [0, 0.1) is 0 Å². The Labute approximate surface area is 219 Å². The predicted octanol–water partition coefficient (Wildman–Crippen LogP) is 6.25. The third kappa shape index (κ3) is 7.63. The molecule has 3 N–H and O–H groups in total. The van der Waals surface area contributed by atoms with Crippen LogP contribution >= 0.6 is 28.1 Å². The minimum absolute atomic E-state index is 0.0749. The highest BCUT2D eigenvalue weighted by atomic mass is 79.9. The lowest BCUT2D eigenvalue weighted by atomic mass is 10.1. The van der Waals surface area contributed by atoms with Crippen molar-refractivity contribution >= 4 is 50.8 Å². The largest absolute Gasteiger partial charge is 0.493 e. The van der Waals surface area contributed by atoms with Gasteiger partial charge in [0.1, 0.15) is 5.75 Å². The number of benzene rings is 3. The second-order valence-corrected chi connectivity index (χ2v) is 9.23. The molecule has 0 aromatic heterocycles. The smallest absolute Gasteiger partial charge is 0.261 e. The van der Waals surface area contributed by atoms with E-state index in [2.05, 4.69) is 38.8 Å². The van der Waals surface area contributed by atoms with Crippen LogP contribution in [0.5, 0.6) is 5.75 Å². The summed E-state index contributed by atoms with van der Waals surface area (Å²) in [6.07, 6.45) is 1.88. The van der Waals surface area contributed by atoms with Gasteiger partial charge in [0.15, 0.2) is 5.11 Å². The van der Waals surface area contributed by atoms with Gasteiger partial charge < -0.3 is 15.4 Å². The van der Waals surface area contributed by atoms with Gasteiger partial charge in [-0.2, -0.15) is 0 Å². The maximum Gasteiger partial charge on any atom is 0.261 e. The van der Waals surface area contributed by atoms with Crippen molar-refractivity contribution in [2.45, 2.75) is 32.7 Å². The number of nitrogens with one attached hydrogen (secondary N) is 3. The van der Waals surface area contributed by atoms with Gasteiger partial charge in [-0.3, -0.25) is 14.9 Å². The van der Waals surface area contributed by atoms with Gasteiger partial charge in [-0.1, -0.05) is 71.7 Å². The summed E-state index contributed by atoms with van der Waals surface area (Å²) >= 11 is 8.78. The molecule has 35 heavy (non-hydrogen) atoms. The van der Waals surface area contributed by atoms with Gasteiger partial charge in [0.25, 0.3) is 11.8 Å². The minimum Gasteiger partial charge on any atom is -0.493 e. The van der Waals surface area contributed by atoms with Crippen molar-refractivity contribution in [2.75, 3.05) is 11.9 Å². The van der Waals surface area contributed by atoms with Crippen LogP contribution in [0.1, 0.15) is 59.0 Å². The normalized spacial score (nSPS) is 11.3. The lowest BCUT2D eigenvalue weighted by molar-refractivity contribution is 0.0939. The highest BCUT2D eigenvalue weighted by Gasteiger charge is 2.18. The fourth-order valence-corrected chi connectivity index (χ4v) is 3.91. The molecule has 3 rings (SSSR count). The van der Waals surface area contributed by atoms with E-state index in [1.54, 1.807) is 36.4 Å². The molecule has 0 fully saturated rings. The van der Waals surface area contributed by atoms with Crippen LogP contribution in [0.2, 0.25) is 0 Å². The van der Waals surface area contributed by atoms with Gasteiger partial charge >= 0.3 is 0 Å². The number of rotatable bonds is 9. The Hall–Kier alpha value is -3.23. The first kappa shape index (κ1) is 26.4. The van der Waals surface area contributed by atoms with Crippen LogP contribution in [0.4, 0.5) is 5.69 Å². The van der Waals surface area contributed by atoms with Crippen LogP contribution in [-0.2, 0) is 0 Å². The molecule has 182 valence electrons. The molecule has 1 atom stereocenters. The SMILES string of the molecule is CCCCOc1ccc(Br)cc1C(=O)NC(=S)Nc1ccccc1C(=O)NC(C)c1ccccc1. The number of unbranched alkanes of at least 4 members (excludes halogenated alkanes) is 1. The monoisotopic (exact) mass is 553 g/mol. The van der Waals surface area contributed by atoms with Crippen molar-refractivity contribution in [2.24, 2.45) is 0 Å². The summed E-state index contributed by atoms with van der Waals surface area (Å²) in [7, 11) is 0. The summed E-state index contributed by atoms with van der Waals surface area (Å²) in [6.45, 7) is 4.51. The van der Waals surface area contributed by atoms with Crippen molar-refractivity contribution in [3.8, 4) is 5.75 Å². The number of thiocarbonyl (C=S) groups is 1. The molecule has 0 aliphatic rings. The number of carbonyl (C=O) groups excluding carboxylic acids is 2. The summed E-state index contributed by atoms with van der Waals surface area (Å²) < 4.78 is 6.53. The number of amides is 2. The number of hydrogen-bond donors (Lipinski definition) is 3. The number of hydrogen-bond acceptors (Lipinski definition) is 4. The summed E-state index contributed by atoms with van der Waals surface area (Å²) in [5, 5.41) is 8.74. The van der Waals surface area contributed by atoms with Crippen LogP contribution < -0.4 is 20.7 Å². The van der Waals surface area contributed by atoms with E-state index in [1.807, 2.05) is 43.3 Å². The molecule has 6 nitrogen and oxygen atoms in total. The molecule has 0 saturated heterocycles. The zero-order valence-electron chi connectivity index (χ0n) is 19.6. The van der Waals surface area contributed by atoms with Gasteiger partial charge in [-0.05, 0) is 61.5 Å². The lowest BCUT2D eigenvalue weighted by Crippen LogP contribution is -2.35. The summed E-state index contributed by atoms with van der Waals surface area (Å²) in [5.74, 6) is -0.177. The molecular weight excluding hydrogens is 526 g/mol. The third-order valence-electron chi connectivity index (χ3n) is 5.24. The predicted molar refractivity (Wildman–Crippen MR) is 147 cm³/mol. The van der Waals surface area contributed by atoms with E-state index < -0.39 is 5.91 Å². The van der Waals surface area contributed by atoms with E-state index in [0.29, 0.717) is 29.2 Å². The van der Waals surface area contributed by atoms with Gasteiger partial charge in [0.05, 0.1) is 29.5 Å². The highest BCUT2D eigenvalue weighted by Crippen LogP contribution is 2.24. The minimum atomic E-state index is -0.407. The second-order valence-electron chi connectivity index (χ2n) is 7.90. The molecule has 0 saturated carbocycles. The highest BCUT2D eigenvalue weighted by molar-refractivity contribution is 9.10. The second kappa shape index (κ2) is 13.0. The average Bonchev–Trinajstić information content (AvgIpc) is 2.85. The van der Waals surface area contributed by atoms with Crippen molar-refractivity contribution in [1.82, 2.24) is 10.6 Å². The Kier molecular flexibility index (Phi) is 9.81. The van der Waals surface area contributed by atoms with E-state index in [0.717, 1.165) is 22.9 Å². The first-order chi connectivity index (χ1) is 16.9. The van der Waals surface area contributed by atoms with Crippen molar-refractivity contribution < 1.29 is 14.3 Å². The van der Waals surface area contributed by atoms with Gasteiger partial charge in [0, 0.05) is 4.47 Å². The zero-order valence-corrected chi connectivity index (χ0v) is 22.0. The molecule has 0 spiro atoms. The molecular formula is C27H28BrN3O3S. The molecule has 0 heterocycles. The van der Waals surface area contributed by atoms with Crippen LogP contribution in [0.25, 0.3) is 0 Å². The molecule has 3 aromatic carbocycles. The average molecular weight is 555 g/mol. The van der Waals surface area contributed by atoms with Crippen molar-refractivity contribution in [3.63, 3.8) is 0 Å². The summed E-state index contributed by atoms with van der Waals surface area (Å²) in [4.78, 5) is 25.9. The number of anilines is 1. The Balaban J connectivity index is 1.69. The number of carbonyl (C=O) groups is 2. The first-order valence-corrected chi connectivity index (χ1v) is 12.6. The van der Waals surface area contributed by atoms with Crippen molar-refractivity contribution in [3.05, 3.63) is 94.0 Å². The molecule has 0 bridgehead atoms. The van der Waals surface area contributed by atoms with Crippen LogP contribution in [0.3, 0.4) is 0 Å². The zero-order chi connectivity index (χ0) is 25.2. The standard InChI is InChI=1S/C27H28BrN3O3S/c1-3-4-16-34-24-15-14-20(28)17-22(24)26(33)31-27(35)30-23-13-9-8-12-21(23)25(32)29-18(2)19-10-6-5-7-11-19/h5-15,17-18H,3-4,16H2,1-2H3,(H,29,32)(H2,30,31,33,35). The van der Waals surface area contributed by atoms with Gasteiger partial charge in [-0.25, -0.2) is 0 Å². The molecule has 3 aromatic rings. The van der Waals surface area contributed by atoms with E-state index in [-0.39, 0.29) is 17.1 Å². The lowest BCUT2D eigenvalue weighted by Gasteiger charge is -2.17. The Morgan fingerprint density at radius 3 is 2.43 bits per heavy atom. The fourth-order valence-electron chi connectivity index (χ4n) is 3.35. The van der Waals surface area contributed by atoms with E-state index in [4.69, 9.17) is 17.0 Å². The van der Waals surface area contributed by atoms with Crippen molar-refractivity contribution in [1.29, 1.82) is 0 Å². The maximum absolute atomic E-state index is 13.0. The Morgan fingerprint density at radius 2 is 1.69 bits per heavy atom. The quantitative estimate of drug-likeness (QED) is 0.215. The van der Waals surface area contributed by atoms with E-state index >= 15 is 0 Å². The van der Waals surface area contributed by atoms with E-state index in [1.165, 1.54) is 0 Å². The fraction of sp³-hybridized carbons (Fsp3) is 0.222. The molecule has 8 heteroatoms. The number of ether oxygens (including phenoxy) is 1. The van der Waals surface area contributed by atoms with Gasteiger partial charge in [0.2, 0.25) is 0 Å². The van der Waals surface area contributed by atoms with Crippen LogP contribution in [-0.4, -0.2) is 23.5 Å². The molecule has 0 aliphatic carbocycles. The topological polar surface area (TPSA) is 79.5 Å². The third-order valence-corrected chi connectivity index (χ3v) is 5.93. The van der Waals surface area contributed by atoms with Gasteiger partial charge in [-0.15, -0.1) is 0 Å². The number of halogens is 1. The maximum atomic E-state index is 13.0. The Bertz CT molecular complexity index is 1190. The molecule has 0 aliphatic heterocycles. The van der Waals surface area contributed by atoms with Crippen LogP contribution in [0.15, 0.2) is 77.3 Å². The summed E-state index contributed by atoms with van der Waals surface area (Å²) in [6, 6.07) is 21.8. The molecule has 0 radical (unpaired) electrons. The molecule has 2 amide bonds. The summed E-state index contributed by atoms with van der Waals surface area (Å²) in [5.41, 5.74) is 2.27. The molecule has 1 unspecified atom stereocenters. The number of para-hydroxylation sites is 1.